The third-order valence-corrected chi connectivity index (χ3v) is 5.15. The number of thiophene rings is 1. The number of ether oxygens (including phenoxy) is 1. The normalized spacial score (nSPS) is 11.5. The zero-order chi connectivity index (χ0) is 19.8. The van der Waals surface area contributed by atoms with Gasteiger partial charge < -0.3 is 15.0 Å². The van der Waals surface area contributed by atoms with Crippen LogP contribution in [-0.2, 0) is 25.7 Å². The van der Waals surface area contributed by atoms with Crippen molar-refractivity contribution in [1.29, 1.82) is 0 Å². The van der Waals surface area contributed by atoms with Gasteiger partial charge in [-0.05, 0) is 29.5 Å². The Balaban J connectivity index is 2.19. The van der Waals surface area contributed by atoms with Crippen LogP contribution in [0.4, 0.5) is 0 Å². The summed E-state index contributed by atoms with van der Waals surface area (Å²) in [5, 5.41) is 4.72. The average molecular weight is 388 g/mol. The fourth-order valence-electron chi connectivity index (χ4n) is 2.71. The lowest BCUT2D eigenvalue weighted by molar-refractivity contribution is -0.147. The number of esters is 1. The third-order valence-electron chi connectivity index (χ3n) is 4.17. The molecule has 2 aromatic rings. The quantitative estimate of drug-likeness (QED) is 0.706. The van der Waals surface area contributed by atoms with E-state index in [1.54, 1.807) is 0 Å². The van der Waals surface area contributed by atoms with Crippen molar-refractivity contribution in [1.82, 2.24) is 10.2 Å². The van der Waals surface area contributed by atoms with Crippen LogP contribution in [0.1, 0.15) is 35.4 Å². The predicted octanol–water partition coefficient (Wildman–Crippen LogP) is 2.83. The summed E-state index contributed by atoms with van der Waals surface area (Å²) >= 11 is 1.47. The van der Waals surface area contributed by atoms with Gasteiger partial charge in [-0.1, -0.05) is 30.3 Å². The molecule has 0 aliphatic carbocycles. The fourth-order valence-corrected chi connectivity index (χ4v) is 3.49. The Morgan fingerprint density at radius 3 is 2.52 bits per heavy atom. The van der Waals surface area contributed by atoms with E-state index >= 15 is 0 Å². The Morgan fingerprint density at radius 2 is 1.93 bits per heavy atom. The smallest absolute Gasteiger partial charge is 0.325 e. The third kappa shape index (κ3) is 6.21. The van der Waals surface area contributed by atoms with Gasteiger partial charge in [0.1, 0.15) is 6.54 Å². The largest absolute Gasteiger partial charge is 0.468 e. The van der Waals surface area contributed by atoms with Crippen LogP contribution in [0.3, 0.4) is 0 Å². The van der Waals surface area contributed by atoms with Crippen molar-refractivity contribution in [2.75, 3.05) is 13.7 Å². The van der Waals surface area contributed by atoms with E-state index in [1.807, 2.05) is 48.7 Å². The first-order chi connectivity index (χ1) is 12.9. The Bertz CT molecular complexity index is 789. The average Bonchev–Trinajstić information content (AvgIpc) is 3.16. The van der Waals surface area contributed by atoms with E-state index in [0.717, 1.165) is 16.0 Å². The summed E-state index contributed by atoms with van der Waals surface area (Å²) in [7, 11) is 1.30. The van der Waals surface area contributed by atoms with Crippen molar-refractivity contribution in [2.45, 2.75) is 32.9 Å². The molecule has 2 amide bonds. The second kappa shape index (κ2) is 9.87. The minimum Gasteiger partial charge on any atom is -0.468 e. The molecule has 0 spiro atoms. The molecule has 0 aliphatic heterocycles. The van der Waals surface area contributed by atoms with Gasteiger partial charge in [-0.3, -0.25) is 14.4 Å². The van der Waals surface area contributed by atoms with Gasteiger partial charge in [0, 0.05) is 18.3 Å². The van der Waals surface area contributed by atoms with E-state index in [1.165, 1.54) is 30.3 Å². The van der Waals surface area contributed by atoms with Crippen LogP contribution < -0.4 is 5.32 Å². The standard InChI is InChI=1S/C20H24N2O4S/c1-14-7-4-5-8-16(14)12-22(13-20(25)26-3)19(24)11-17(21-15(2)23)18-9-6-10-27-18/h4-10,17H,11-13H2,1-3H3,(H,21,23). The lowest BCUT2D eigenvalue weighted by Gasteiger charge is -2.25. The molecule has 1 atom stereocenters. The SMILES string of the molecule is COC(=O)CN(Cc1ccccc1C)C(=O)CC(NC(C)=O)c1cccs1. The Labute approximate surface area is 163 Å². The van der Waals surface area contributed by atoms with Gasteiger partial charge in [0.15, 0.2) is 0 Å². The number of amides is 2. The van der Waals surface area contributed by atoms with Crippen LogP contribution in [0, 0.1) is 6.92 Å². The molecule has 2 rings (SSSR count). The molecular formula is C20H24N2O4S. The number of hydrogen-bond acceptors (Lipinski definition) is 5. The minimum atomic E-state index is -0.482. The highest BCUT2D eigenvalue weighted by Gasteiger charge is 2.24. The summed E-state index contributed by atoms with van der Waals surface area (Å²) in [6.45, 7) is 3.55. The highest BCUT2D eigenvalue weighted by atomic mass is 32.1. The van der Waals surface area contributed by atoms with E-state index in [2.05, 4.69) is 5.32 Å². The van der Waals surface area contributed by atoms with Crippen molar-refractivity contribution in [3.05, 3.63) is 57.8 Å². The van der Waals surface area contributed by atoms with Crippen molar-refractivity contribution < 1.29 is 19.1 Å². The first kappa shape index (κ1) is 20.6. The molecule has 144 valence electrons. The highest BCUT2D eigenvalue weighted by molar-refractivity contribution is 7.10. The number of methoxy groups -OCH3 is 1. The van der Waals surface area contributed by atoms with Gasteiger partial charge in [0.2, 0.25) is 11.8 Å². The first-order valence-corrected chi connectivity index (χ1v) is 9.48. The van der Waals surface area contributed by atoms with Crippen LogP contribution in [-0.4, -0.2) is 36.3 Å². The van der Waals surface area contributed by atoms with E-state index in [9.17, 15) is 14.4 Å². The minimum absolute atomic E-state index is 0.0724. The molecule has 6 nitrogen and oxygen atoms in total. The monoisotopic (exact) mass is 388 g/mol. The summed E-state index contributed by atoms with van der Waals surface area (Å²) in [5.41, 5.74) is 2.00. The number of rotatable bonds is 8. The molecule has 7 heteroatoms. The summed E-state index contributed by atoms with van der Waals surface area (Å²) in [5.74, 6) is -0.917. The summed E-state index contributed by atoms with van der Waals surface area (Å²) in [6.07, 6.45) is 0.0724. The molecule has 27 heavy (non-hydrogen) atoms. The molecule has 0 fully saturated rings. The van der Waals surface area contributed by atoms with E-state index < -0.39 is 12.0 Å². The van der Waals surface area contributed by atoms with Gasteiger partial charge in [0.05, 0.1) is 19.6 Å². The highest BCUT2D eigenvalue weighted by Crippen LogP contribution is 2.23. The maximum absolute atomic E-state index is 13.0. The second-order valence-electron chi connectivity index (χ2n) is 6.23. The van der Waals surface area contributed by atoms with Gasteiger partial charge in [0.25, 0.3) is 0 Å². The first-order valence-electron chi connectivity index (χ1n) is 8.60. The molecule has 1 N–H and O–H groups in total. The molecule has 0 radical (unpaired) electrons. The maximum Gasteiger partial charge on any atom is 0.325 e. The molecule has 0 bridgehead atoms. The number of carbonyl (C=O) groups excluding carboxylic acids is 3. The zero-order valence-electron chi connectivity index (χ0n) is 15.7. The molecule has 1 unspecified atom stereocenters. The Kier molecular flexibility index (Phi) is 7.55. The molecule has 0 saturated carbocycles. The molecule has 0 aliphatic rings. The second-order valence-corrected chi connectivity index (χ2v) is 7.20. The van der Waals surface area contributed by atoms with E-state index in [-0.39, 0.29) is 24.8 Å². The van der Waals surface area contributed by atoms with Crippen LogP contribution in [0.15, 0.2) is 41.8 Å². The number of aryl methyl sites for hydroxylation is 1. The zero-order valence-corrected chi connectivity index (χ0v) is 16.5. The van der Waals surface area contributed by atoms with Crippen molar-refractivity contribution >= 4 is 29.1 Å². The fraction of sp³-hybridized carbons (Fsp3) is 0.350. The number of carbonyl (C=O) groups is 3. The lowest BCUT2D eigenvalue weighted by atomic mass is 10.1. The van der Waals surface area contributed by atoms with Crippen LogP contribution >= 0.6 is 11.3 Å². The number of nitrogens with zero attached hydrogens (tertiary/aromatic N) is 1. The van der Waals surface area contributed by atoms with Crippen molar-refractivity contribution in [3.63, 3.8) is 0 Å². The predicted molar refractivity (Wildman–Crippen MR) is 104 cm³/mol. The van der Waals surface area contributed by atoms with E-state index in [4.69, 9.17) is 4.74 Å². The summed E-state index contributed by atoms with van der Waals surface area (Å²) < 4.78 is 4.74. The van der Waals surface area contributed by atoms with Gasteiger partial charge in [-0.25, -0.2) is 0 Å². The Hall–Kier alpha value is -2.67. The molecule has 1 heterocycles. The van der Waals surface area contributed by atoms with Crippen LogP contribution in [0.5, 0.6) is 0 Å². The van der Waals surface area contributed by atoms with Gasteiger partial charge in [-0.15, -0.1) is 11.3 Å². The Morgan fingerprint density at radius 1 is 1.19 bits per heavy atom. The molecule has 1 aromatic carbocycles. The van der Waals surface area contributed by atoms with Gasteiger partial charge >= 0.3 is 5.97 Å². The van der Waals surface area contributed by atoms with Crippen LogP contribution in [0.25, 0.3) is 0 Å². The number of nitrogens with one attached hydrogen (secondary N) is 1. The molecule has 1 aromatic heterocycles. The molecular weight excluding hydrogens is 364 g/mol. The number of hydrogen-bond donors (Lipinski definition) is 1. The topological polar surface area (TPSA) is 75.7 Å². The van der Waals surface area contributed by atoms with Crippen molar-refractivity contribution in [3.8, 4) is 0 Å². The van der Waals surface area contributed by atoms with E-state index in [0.29, 0.717) is 6.54 Å². The van der Waals surface area contributed by atoms with Crippen molar-refractivity contribution in [2.24, 2.45) is 0 Å². The molecule has 0 saturated heterocycles. The summed E-state index contributed by atoms with van der Waals surface area (Å²) in [6, 6.07) is 11.0. The van der Waals surface area contributed by atoms with Crippen LogP contribution in [0.2, 0.25) is 0 Å². The van der Waals surface area contributed by atoms with Gasteiger partial charge in [-0.2, -0.15) is 0 Å². The lowest BCUT2D eigenvalue weighted by Crippen LogP contribution is -2.38. The summed E-state index contributed by atoms with van der Waals surface area (Å²) in [4.78, 5) is 38.7. The number of benzene rings is 1. The maximum atomic E-state index is 13.0.